The van der Waals surface area contributed by atoms with E-state index in [1.54, 1.807) is 0 Å². The number of piperidine rings is 1. The minimum absolute atomic E-state index is 0.0900. The molecule has 1 amide bonds. The van der Waals surface area contributed by atoms with E-state index in [1.165, 1.54) is 12.0 Å². The smallest absolute Gasteiger partial charge is 0.199 e. The summed E-state index contributed by atoms with van der Waals surface area (Å²) in [5.41, 5.74) is 1.35. The Morgan fingerprint density at radius 3 is 2.72 bits per heavy atom. The van der Waals surface area contributed by atoms with Gasteiger partial charge in [-0.3, -0.25) is 9.28 Å². The Labute approximate surface area is 115 Å². The van der Waals surface area contributed by atoms with Gasteiger partial charge in [-0.1, -0.05) is 30.3 Å². The van der Waals surface area contributed by atoms with Crippen LogP contribution in [-0.4, -0.2) is 29.4 Å². The van der Waals surface area contributed by atoms with E-state index in [4.69, 9.17) is 12.6 Å². The molecule has 0 aliphatic carbocycles. The van der Waals surface area contributed by atoms with E-state index >= 15 is 0 Å². The van der Waals surface area contributed by atoms with E-state index in [0.29, 0.717) is 10.5 Å². The molecule has 1 aromatic carbocycles. The van der Waals surface area contributed by atoms with Gasteiger partial charge in [0.15, 0.2) is 5.24 Å². The molecule has 1 fully saturated rings. The summed E-state index contributed by atoms with van der Waals surface area (Å²) >= 11 is 4.95. The largest absolute Gasteiger partial charge is 0.675 e. The van der Waals surface area contributed by atoms with E-state index in [2.05, 4.69) is 24.3 Å². The van der Waals surface area contributed by atoms with Gasteiger partial charge in [-0.25, -0.2) is 0 Å². The zero-order valence-electron chi connectivity index (χ0n) is 11.0. The molecule has 2 atom stereocenters. The first-order chi connectivity index (χ1) is 8.63. The summed E-state index contributed by atoms with van der Waals surface area (Å²) in [6.45, 7) is 0.918. The van der Waals surface area contributed by atoms with Crippen LogP contribution in [0.15, 0.2) is 30.3 Å². The lowest BCUT2D eigenvalue weighted by atomic mass is 9.94. The molecular formula is C15H21NOS. The molecule has 2 nitrogen and oxygen atoms in total. The van der Waals surface area contributed by atoms with Gasteiger partial charge in [0, 0.05) is 12.8 Å². The maximum absolute atomic E-state index is 11.7. The predicted octanol–water partition coefficient (Wildman–Crippen LogP) is 3.29. The highest BCUT2D eigenvalue weighted by Gasteiger charge is 2.36. The molecular weight excluding hydrogens is 242 g/mol. The molecule has 0 bridgehead atoms. The second-order valence-electron chi connectivity index (χ2n) is 5.43. The SMILES string of the molecule is C[N@+]1(C(=O)[S-])CCCCC1CCc1ccccc1. The number of hydrogen-bond donors (Lipinski definition) is 0. The molecule has 1 heterocycles. The normalized spacial score (nSPS) is 27.9. The predicted molar refractivity (Wildman–Crippen MR) is 76.2 cm³/mol. The molecule has 0 saturated carbocycles. The van der Waals surface area contributed by atoms with Crippen molar-refractivity contribution in [1.82, 2.24) is 0 Å². The fourth-order valence-electron chi connectivity index (χ4n) is 2.94. The number of rotatable bonds is 3. The third-order valence-electron chi connectivity index (χ3n) is 4.24. The van der Waals surface area contributed by atoms with Crippen molar-refractivity contribution in [3.05, 3.63) is 35.9 Å². The van der Waals surface area contributed by atoms with Crippen molar-refractivity contribution in [2.75, 3.05) is 13.6 Å². The van der Waals surface area contributed by atoms with Gasteiger partial charge < -0.3 is 12.6 Å². The Balaban J connectivity index is 2.00. The Morgan fingerprint density at radius 2 is 2.06 bits per heavy atom. The molecule has 3 heteroatoms. The van der Waals surface area contributed by atoms with Crippen LogP contribution in [-0.2, 0) is 19.0 Å². The summed E-state index contributed by atoms with van der Waals surface area (Å²) in [5, 5.41) is -0.0900. The number of nitrogens with zero attached hydrogens (tertiary/aromatic N) is 1. The van der Waals surface area contributed by atoms with Crippen LogP contribution in [0.1, 0.15) is 31.2 Å². The number of likely N-dealkylation sites (tertiary alicyclic amines) is 1. The average molecular weight is 263 g/mol. The maximum atomic E-state index is 11.7. The Bertz CT molecular complexity index is 406. The van der Waals surface area contributed by atoms with Crippen LogP contribution < -0.4 is 0 Å². The number of hydrogen-bond acceptors (Lipinski definition) is 2. The lowest BCUT2D eigenvalue weighted by Gasteiger charge is -2.45. The zero-order valence-corrected chi connectivity index (χ0v) is 11.8. The fraction of sp³-hybridized carbons (Fsp3) is 0.533. The topological polar surface area (TPSA) is 17.1 Å². The van der Waals surface area contributed by atoms with Gasteiger partial charge in [0.2, 0.25) is 0 Å². The molecule has 1 unspecified atom stereocenters. The summed E-state index contributed by atoms with van der Waals surface area (Å²) in [6, 6.07) is 10.9. The minimum Gasteiger partial charge on any atom is -0.675 e. The highest BCUT2D eigenvalue weighted by molar-refractivity contribution is 7.76. The fourth-order valence-corrected chi connectivity index (χ4v) is 3.18. The van der Waals surface area contributed by atoms with Gasteiger partial charge in [-0.15, -0.1) is 0 Å². The van der Waals surface area contributed by atoms with Crippen molar-refractivity contribution in [2.45, 2.75) is 38.1 Å². The van der Waals surface area contributed by atoms with Gasteiger partial charge in [0.1, 0.15) is 0 Å². The van der Waals surface area contributed by atoms with Crippen molar-refractivity contribution in [2.24, 2.45) is 0 Å². The first kappa shape index (κ1) is 13.5. The third-order valence-corrected chi connectivity index (χ3v) is 4.66. The maximum Gasteiger partial charge on any atom is 0.199 e. The lowest BCUT2D eigenvalue weighted by molar-refractivity contribution is -0.856. The second-order valence-corrected chi connectivity index (χ2v) is 5.78. The molecule has 0 aromatic heterocycles. The summed E-state index contributed by atoms with van der Waals surface area (Å²) in [5.74, 6) is 0. The number of quaternary nitrogens is 1. The van der Waals surface area contributed by atoms with Crippen LogP contribution in [0.3, 0.4) is 0 Å². The number of amides is 1. The van der Waals surface area contributed by atoms with Gasteiger partial charge in [0.05, 0.1) is 19.6 Å². The molecule has 1 aromatic rings. The number of carbonyl (C=O) groups is 1. The Hall–Kier alpha value is -0.930. The van der Waals surface area contributed by atoms with Crippen LogP contribution in [0.25, 0.3) is 0 Å². The quantitative estimate of drug-likeness (QED) is 0.615. The summed E-state index contributed by atoms with van der Waals surface area (Å²) in [6.07, 6.45) is 5.59. The molecule has 98 valence electrons. The molecule has 1 aliphatic rings. The van der Waals surface area contributed by atoms with E-state index < -0.39 is 0 Å². The van der Waals surface area contributed by atoms with Crippen LogP contribution in [0, 0.1) is 0 Å². The zero-order chi connectivity index (χ0) is 13.0. The summed E-state index contributed by atoms with van der Waals surface area (Å²) < 4.78 is 0.460. The van der Waals surface area contributed by atoms with E-state index in [1.807, 2.05) is 13.1 Å². The first-order valence-corrected chi connectivity index (χ1v) is 7.14. The van der Waals surface area contributed by atoms with Crippen LogP contribution in [0.5, 0.6) is 0 Å². The molecule has 0 spiro atoms. The van der Waals surface area contributed by atoms with E-state index in [9.17, 15) is 4.79 Å². The highest BCUT2D eigenvalue weighted by Crippen LogP contribution is 2.27. The summed E-state index contributed by atoms with van der Waals surface area (Å²) in [7, 11) is 2.02. The van der Waals surface area contributed by atoms with Crippen LogP contribution in [0.2, 0.25) is 0 Å². The molecule has 1 aliphatic heterocycles. The van der Waals surface area contributed by atoms with Gasteiger partial charge in [-0.2, -0.15) is 0 Å². The highest BCUT2D eigenvalue weighted by atomic mass is 32.1. The van der Waals surface area contributed by atoms with Crippen molar-refractivity contribution in [3.63, 3.8) is 0 Å². The third kappa shape index (κ3) is 2.90. The van der Waals surface area contributed by atoms with E-state index in [0.717, 1.165) is 32.2 Å². The van der Waals surface area contributed by atoms with Crippen molar-refractivity contribution in [3.8, 4) is 0 Å². The van der Waals surface area contributed by atoms with Crippen molar-refractivity contribution >= 4 is 17.9 Å². The van der Waals surface area contributed by atoms with Crippen LogP contribution in [0.4, 0.5) is 4.79 Å². The second kappa shape index (κ2) is 5.81. The minimum atomic E-state index is -0.0900. The average Bonchev–Trinajstić information content (AvgIpc) is 2.39. The number of benzene rings is 1. The van der Waals surface area contributed by atoms with Crippen molar-refractivity contribution < 1.29 is 9.28 Å². The van der Waals surface area contributed by atoms with Crippen molar-refractivity contribution in [1.29, 1.82) is 0 Å². The standard InChI is InChI=1S/C15H21NOS/c1-16(15(17)18)12-6-5-9-14(16)11-10-13-7-3-2-4-8-13/h2-4,7-8,14H,5-6,9-12H2,1H3/t14?,16-/m0/s1. The van der Waals surface area contributed by atoms with Gasteiger partial charge in [-0.05, 0) is 24.8 Å². The van der Waals surface area contributed by atoms with Gasteiger partial charge >= 0.3 is 0 Å². The monoisotopic (exact) mass is 263 g/mol. The number of aryl methyl sites for hydroxylation is 1. The first-order valence-electron chi connectivity index (χ1n) is 6.73. The molecule has 2 rings (SSSR count). The number of carbonyl (C=O) groups excluding carboxylic acids is 1. The molecule has 18 heavy (non-hydrogen) atoms. The Morgan fingerprint density at radius 1 is 1.33 bits per heavy atom. The molecule has 1 saturated heterocycles. The molecule has 0 N–H and O–H groups in total. The van der Waals surface area contributed by atoms with E-state index in [-0.39, 0.29) is 5.24 Å². The molecule has 0 radical (unpaired) electrons. The van der Waals surface area contributed by atoms with Crippen LogP contribution >= 0.6 is 0 Å². The Kier molecular flexibility index (Phi) is 4.36. The lowest BCUT2D eigenvalue weighted by Crippen LogP contribution is -2.57. The summed E-state index contributed by atoms with van der Waals surface area (Å²) in [4.78, 5) is 11.7. The van der Waals surface area contributed by atoms with Gasteiger partial charge in [0.25, 0.3) is 0 Å².